The maximum absolute atomic E-state index is 13.0. The Balaban J connectivity index is 1.91. The quantitative estimate of drug-likeness (QED) is 0.864. The summed E-state index contributed by atoms with van der Waals surface area (Å²) < 4.78 is 40.5. The molecule has 1 fully saturated rings. The van der Waals surface area contributed by atoms with E-state index in [0.717, 1.165) is 25.0 Å². The van der Waals surface area contributed by atoms with E-state index in [9.17, 15) is 22.7 Å². The summed E-state index contributed by atoms with van der Waals surface area (Å²) in [6.45, 7) is 0. The molecule has 0 saturated heterocycles. The number of hydrogen-bond acceptors (Lipinski definition) is 3. The number of nitrogens with one attached hydrogen (secondary N) is 1. The van der Waals surface area contributed by atoms with Gasteiger partial charge in [-0.15, -0.1) is 0 Å². The van der Waals surface area contributed by atoms with Crippen molar-refractivity contribution in [3.8, 4) is 0 Å². The van der Waals surface area contributed by atoms with Crippen molar-refractivity contribution in [2.45, 2.75) is 30.9 Å². The van der Waals surface area contributed by atoms with Crippen LogP contribution in [0.25, 0.3) is 0 Å². The van der Waals surface area contributed by atoms with Crippen LogP contribution < -0.4 is 4.72 Å². The van der Waals surface area contributed by atoms with E-state index >= 15 is 0 Å². The van der Waals surface area contributed by atoms with E-state index in [0.29, 0.717) is 6.42 Å². The summed E-state index contributed by atoms with van der Waals surface area (Å²) in [6, 6.07) is 3.29. The lowest BCUT2D eigenvalue weighted by molar-refractivity contribution is -0.132. The summed E-state index contributed by atoms with van der Waals surface area (Å²) in [5.41, 5.74) is -0.197. The highest BCUT2D eigenvalue weighted by molar-refractivity contribution is 7.93. The van der Waals surface area contributed by atoms with E-state index < -0.39 is 27.1 Å². The lowest BCUT2D eigenvalue weighted by Crippen LogP contribution is -2.35. The van der Waals surface area contributed by atoms with Crippen LogP contribution in [-0.4, -0.2) is 24.7 Å². The van der Waals surface area contributed by atoms with Gasteiger partial charge >= 0.3 is 5.97 Å². The smallest absolute Gasteiger partial charge is 0.332 e. The molecule has 0 aromatic heterocycles. The van der Waals surface area contributed by atoms with Crippen LogP contribution in [0.15, 0.2) is 29.8 Å². The summed E-state index contributed by atoms with van der Waals surface area (Å²) in [7, 11) is -3.99. The second-order valence-corrected chi connectivity index (χ2v) is 8.34. The van der Waals surface area contributed by atoms with Gasteiger partial charge in [-0.1, -0.05) is 17.7 Å². The fourth-order valence-corrected chi connectivity index (χ4v) is 4.77. The third kappa shape index (κ3) is 3.21. The average molecular weight is 360 g/mol. The van der Waals surface area contributed by atoms with E-state index in [1.54, 1.807) is 6.08 Å². The van der Waals surface area contributed by atoms with Crippen LogP contribution in [0.2, 0.25) is 5.02 Å². The lowest BCUT2D eigenvalue weighted by atomic mass is 9.87. The van der Waals surface area contributed by atoms with Gasteiger partial charge in [0.25, 0.3) is 0 Å². The summed E-state index contributed by atoms with van der Waals surface area (Å²) >= 11 is 5.83. The number of carboxylic acid groups (broad SMARTS) is 1. The molecule has 0 heterocycles. The minimum Gasteiger partial charge on any atom is -0.478 e. The van der Waals surface area contributed by atoms with Crippen molar-refractivity contribution in [3.05, 3.63) is 40.7 Å². The van der Waals surface area contributed by atoms with Crippen LogP contribution in [0.3, 0.4) is 0 Å². The van der Waals surface area contributed by atoms with Crippen molar-refractivity contribution in [1.82, 2.24) is 0 Å². The topological polar surface area (TPSA) is 83.5 Å². The first kappa shape index (κ1) is 16.3. The second kappa shape index (κ2) is 5.49. The Bertz CT molecular complexity index is 802. The summed E-state index contributed by atoms with van der Waals surface area (Å²) in [5, 5.41) is 8.13. The molecule has 124 valence electrons. The van der Waals surface area contributed by atoms with Crippen LogP contribution in [-0.2, 0) is 14.8 Å². The van der Waals surface area contributed by atoms with Crippen LogP contribution >= 0.6 is 11.6 Å². The van der Waals surface area contributed by atoms with Crippen LogP contribution in [0.1, 0.15) is 25.7 Å². The number of anilines is 1. The van der Waals surface area contributed by atoms with E-state index in [1.165, 1.54) is 6.07 Å². The molecule has 1 aromatic carbocycles. The van der Waals surface area contributed by atoms with E-state index in [1.807, 2.05) is 0 Å². The van der Waals surface area contributed by atoms with Crippen LogP contribution in [0.4, 0.5) is 10.1 Å². The number of benzene rings is 1. The van der Waals surface area contributed by atoms with Crippen molar-refractivity contribution in [2.75, 3.05) is 4.72 Å². The lowest BCUT2D eigenvalue weighted by Gasteiger charge is -2.27. The van der Waals surface area contributed by atoms with E-state index in [4.69, 9.17) is 11.6 Å². The summed E-state index contributed by atoms with van der Waals surface area (Å²) in [6.07, 6.45) is 4.27. The van der Waals surface area contributed by atoms with Gasteiger partial charge in [-0.25, -0.2) is 17.6 Å². The number of carboxylic acids is 1. The maximum atomic E-state index is 13.0. The van der Waals surface area contributed by atoms with Crippen molar-refractivity contribution in [1.29, 1.82) is 0 Å². The third-order valence-electron chi connectivity index (χ3n) is 4.41. The monoisotopic (exact) mass is 359 g/mol. The van der Waals surface area contributed by atoms with Gasteiger partial charge in [0.05, 0.1) is 16.3 Å². The number of sulfonamides is 1. The molecule has 3 rings (SSSR count). The molecule has 2 aliphatic carbocycles. The average Bonchev–Trinajstić information content (AvgIpc) is 3.20. The highest BCUT2D eigenvalue weighted by atomic mass is 35.5. The van der Waals surface area contributed by atoms with Crippen molar-refractivity contribution in [3.63, 3.8) is 0 Å². The fourth-order valence-electron chi connectivity index (χ4n) is 2.94. The molecule has 1 saturated carbocycles. The first-order chi connectivity index (χ1) is 10.7. The number of aliphatic carboxylic acids is 1. The Labute approximate surface area is 138 Å². The predicted octanol–water partition coefficient (Wildman–Crippen LogP) is 3.17. The van der Waals surface area contributed by atoms with Gasteiger partial charge < -0.3 is 5.11 Å². The molecule has 2 aliphatic rings. The zero-order valence-electron chi connectivity index (χ0n) is 12.1. The Morgan fingerprint density at radius 3 is 2.61 bits per heavy atom. The molecule has 1 atom stereocenters. The Morgan fingerprint density at radius 1 is 1.35 bits per heavy atom. The first-order valence-electron chi connectivity index (χ1n) is 7.15. The maximum Gasteiger partial charge on any atom is 0.332 e. The molecule has 0 amide bonds. The SMILES string of the molecule is O=C(O)C1=CC2(CCC1S(=O)(=O)Nc1ccc(F)cc1Cl)CC2. The number of rotatable bonds is 4. The fraction of sp³-hybridized carbons (Fsp3) is 0.400. The molecule has 0 radical (unpaired) electrons. The Hall–Kier alpha value is -1.60. The van der Waals surface area contributed by atoms with Crippen molar-refractivity contribution >= 4 is 33.3 Å². The van der Waals surface area contributed by atoms with E-state index in [2.05, 4.69) is 4.72 Å². The third-order valence-corrected chi connectivity index (χ3v) is 6.47. The molecular weight excluding hydrogens is 345 g/mol. The number of halogens is 2. The van der Waals surface area contributed by atoms with Crippen molar-refractivity contribution < 1.29 is 22.7 Å². The van der Waals surface area contributed by atoms with E-state index in [-0.39, 0.29) is 28.1 Å². The molecular formula is C15H15ClFNO4S. The predicted molar refractivity (Wildman–Crippen MR) is 84.4 cm³/mol. The number of allylic oxidation sites excluding steroid dienone is 1. The zero-order chi connectivity index (χ0) is 16.8. The van der Waals surface area contributed by atoms with Gasteiger partial charge in [-0.2, -0.15) is 0 Å². The number of carbonyl (C=O) groups is 1. The van der Waals surface area contributed by atoms with Gasteiger partial charge in [-0.05, 0) is 49.3 Å². The zero-order valence-corrected chi connectivity index (χ0v) is 13.6. The van der Waals surface area contributed by atoms with Gasteiger partial charge in [-0.3, -0.25) is 4.72 Å². The summed E-state index contributed by atoms with van der Waals surface area (Å²) in [4.78, 5) is 11.5. The normalized spacial score (nSPS) is 22.5. The van der Waals surface area contributed by atoms with Gasteiger partial charge in [0.2, 0.25) is 10.0 Å². The van der Waals surface area contributed by atoms with Crippen LogP contribution in [0.5, 0.6) is 0 Å². The molecule has 1 spiro atoms. The largest absolute Gasteiger partial charge is 0.478 e. The highest BCUT2D eigenvalue weighted by Gasteiger charge is 2.48. The second-order valence-electron chi connectivity index (χ2n) is 6.07. The molecule has 8 heteroatoms. The molecule has 0 aliphatic heterocycles. The van der Waals surface area contributed by atoms with Gasteiger partial charge in [0.15, 0.2) is 0 Å². The highest BCUT2D eigenvalue weighted by Crippen LogP contribution is 2.55. The van der Waals surface area contributed by atoms with Gasteiger partial charge in [0, 0.05) is 0 Å². The molecule has 1 aromatic rings. The molecule has 1 unspecified atom stereocenters. The number of hydrogen-bond donors (Lipinski definition) is 2. The first-order valence-corrected chi connectivity index (χ1v) is 9.08. The minimum absolute atomic E-state index is 0.0320. The Kier molecular flexibility index (Phi) is 3.88. The molecule has 5 nitrogen and oxygen atoms in total. The van der Waals surface area contributed by atoms with Crippen LogP contribution in [0, 0.1) is 11.2 Å². The Morgan fingerprint density at radius 2 is 2.04 bits per heavy atom. The standard InChI is InChI=1S/C15H15ClFNO4S/c16-11-7-9(17)1-2-12(11)18-23(21,22)13-3-4-15(5-6-15)8-10(13)14(19)20/h1-2,7-8,13,18H,3-6H2,(H,19,20). The van der Waals surface area contributed by atoms with Gasteiger partial charge in [0.1, 0.15) is 11.1 Å². The molecule has 2 N–H and O–H groups in total. The summed E-state index contributed by atoms with van der Waals surface area (Å²) in [5.74, 6) is -1.81. The molecule has 23 heavy (non-hydrogen) atoms. The minimum atomic E-state index is -3.99. The van der Waals surface area contributed by atoms with Crippen molar-refractivity contribution in [2.24, 2.45) is 5.41 Å². The molecule has 0 bridgehead atoms.